The summed E-state index contributed by atoms with van der Waals surface area (Å²) >= 11 is 7.21. The molecule has 0 aliphatic rings. The Kier molecular flexibility index (Phi) is 5.24. The van der Waals surface area contributed by atoms with Crippen molar-refractivity contribution in [2.45, 2.75) is 6.10 Å². The van der Waals surface area contributed by atoms with Crippen LogP contribution < -0.4 is 0 Å². The summed E-state index contributed by atoms with van der Waals surface area (Å²) in [6.45, 7) is 0.336. The lowest BCUT2D eigenvalue weighted by molar-refractivity contribution is 0.190. The molecule has 1 rings (SSSR count). The van der Waals surface area contributed by atoms with Crippen LogP contribution in [0.5, 0.6) is 0 Å². The summed E-state index contributed by atoms with van der Waals surface area (Å²) in [5.41, 5.74) is 0. The molecule has 17 heavy (non-hydrogen) atoms. The van der Waals surface area contributed by atoms with E-state index in [-0.39, 0.29) is 0 Å². The van der Waals surface area contributed by atoms with E-state index in [1.807, 2.05) is 44.1 Å². The average molecular weight is 276 g/mol. The van der Waals surface area contributed by atoms with Gasteiger partial charge in [0.15, 0.2) is 5.96 Å². The molecule has 0 aromatic carbocycles. The van der Waals surface area contributed by atoms with Crippen molar-refractivity contribution in [1.29, 1.82) is 0 Å². The van der Waals surface area contributed by atoms with Gasteiger partial charge in [-0.15, -0.1) is 11.3 Å². The highest BCUT2D eigenvalue weighted by atomic mass is 35.5. The van der Waals surface area contributed by atoms with Crippen LogP contribution in [0.2, 0.25) is 4.34 Å². The number of aliphatic hydroxyl groups excluding tert-OH is 1. The van der Waals surface area contributed by atoms with Crippen molar-refractivity contribution in [2.24, 2.45) is 4.99 Å². The third-order valence-electron chi connectivity index (χ3n) is 2.13. The van der Waals surface area contributed by atoms with Crippen LogP contribution in [-0.4, -0.2) is 55.6 Å². The van der Waals surface area contributed by atoms with Gasteiger partial charge in [0.1, 0.15) is 6.10 Å². The van der Waals surface area contributed by atoms with Crippen molar-refractivity contribution in [3.63, 3.8) is 0 Å². The first-order valence-corrected chi connectivity index (χ1v) is 6.43. The first kappa shape index (κ1) is 14.3. The molecule has 0 amide bonds. The number of hydrogen-bond acceptors (Lipinski definition) is 3. The van der Waals surface area contributed by atoms with Crippen LogP contribution in [0.25, 0.3) is 0 Å². The molecule has 1 heterocycles. The van der Waals surface area contributed by atoms with Crippen LogP contribution in [0, 0.1) is 0 Å². The summed E-state index contributed by atoms with van der Waals surface area (Å²) in [5, 5.41) is 9.95. The maximum absolute atomic E-state index is 9.95. The lowest BCUT2D eigenvalue weighted by Gasteiger charge is -2.23. The van der Waals surface area contributed by atoms with Crippen LogP contribution in [0.3, 0.4) is 0 Å². The standard InChI is InChI=1S/C11H18ClN3OS/c1-14(2)11(15(3)4)13-7-8(16)9-5-6-10(12)17-9/h5-6,8,16H,7H2,1-4H3. The Morgan fingerprint density at radius 1 is 1.35 bits per heavy atom. The maximum Gasteiger partial charge on any atom is 0.195 e. The van der Waals surface area contributed by atoms with Gasteiger partial charge in [0.2, 0.25) is 0 Å². The van der Waals surface area contributed by atoms with Gasteiger partial charge in [-0.25, -0.2) is 4.99 Å². The summed E-state index contributed by atoms with van der Waals surface area (Å²) in [5.74, 6) is 0.826. The van der Waals surface area contributed by atoms with E-state index in [0.717, 1.165) is 10.8 Å². The van der Waals surface area contributed by atoms with Gasteiger partial charge in [0.25, 0.3) is 0 Å². The van der Waals surface area contributed by atoms with Crippen molar-refractivity contribution in [3.05, 3.63) is 21.3 Å². The van der Waals surface area contributed by atoms with E-state index in [4.69, 9.17) is 11.6 Å². The van der Waals surface area contributed by atoms with E-state index >= 15 is 0 Å². The number of nitrogens with zero attached hydrogens (tertiary/aromatic N) is 3. The first-order chi connectivity index (χ1) is 7.91. The zero-order chi connectivity index (χ0) is 13.0. The number of thiophene rings is 1. The lowest BCUT2D eigenvalue weighted by atomic mass is 10.3. The second-order valence-electron chi connectivity index (χ2n) is 4.09. The van der Waals surface area contributed by atoms with Crippen molar-refractivity contribution >= 4 is 28.9 Å². The normalized spacial score (nSPS) is 12.1. The van der Waals surface area contributed by atoms with Crippen molar-refractivity contribution in [3.8, 4) is 0 Å². The largest absolute Gasteiger partial charge is 0.386 e. The van der Waals surface area contributed by atoms with Crippen molar-refractivity contribution in [1.82, 2.24) is 9.80 Å². The van der Waals surface area contributed by atoms with Gasteiger partial charge in [-0.05, 0) is 12.1 Å². The average Bonchev–Trinajstić information content (AvgIpc) is 2.63. The van der Waals surface area contributed by atoms with E-state index in [0.29, 0.717) is 10.9 Å². The van der Waals surface area contributed by atoms with E-state index in [9.17, 15) is 5.11 Å². The highest BCUT2D eigenvalue weighted by Crippen LogP contribution is 2.26. The molecule has 0 saturated carbocycles. The molecule has 1 aromatic heterocycles. The minimum Gasteiger partial charge on any atom is -0.386 e. The topological polar surface area (TPSA) is 39.1 Å². The van der Waals surface area contributed by atoms with Gasteiger partial charge in [-0.3, -0.25) is 0 Å². The van der Waals surface area contributed by atoms with E-state index in [1.165, 1.54) is 11.3 Å². The molecule has 0 aliphatic carbocycles. The Hall–Kier alpha value is -0.780. The summed E-state index contributed by atoms with van der Waals surface area (Å²) in [7, 11) is 7.70. The van der Waals surface area contributed by atoms with Crippen LogP contribution in [0.1, 0.15) is 11.0 Å². The zero-order valence-electron chi connectivity index (χ0n) is 10.5. The lowest BCUT2D eigenvalue weighted by Crippen LogP contribution is -2.35. The molecule has 0 saturated heterocycles. The maximum atomic E-state index is 9.95. The van der Waals surface area contributed by atoms with Crippen molar-refractivity contribution < 1.29 is 5.11 Å². The summed E-state index contributed by atoms with van der Waals surface area (Å²) in [6.07, 6.45) is -0.595. The predicted octanol–water partition coefficient (Wildman–Crippen LogP) is 1.91. The fraction of sp³-hybridized carbons (Fsp3) is 0.545. The molecule has 0 fully saturated rings. The van der Waals surface area contributed by atoms with Crippen LogP contribution >= 0.6 is 22.9 Å². The number of halogens is 1. The third kappa shape index (κ3) is 4.18. The van der Waals surface area contributed by atoms with E-state index < -0.39 is 6.10 Å². The summed E-state index contributed by atoms with van der Waals surface area (Å²) < 4.78 is 0.684. The van der Waals surface area contributed by atoms with E-state index in [2.05, 4.69) is 4.99 Å². The Morgan fingerprint density at radius 3 is 2.35 bits per heavy atom. The minimum absolute atomic E-state index is 0.336. The van der Waals surface area contributed by atoms with Gasteiger partial charge in [0.05, 0.1) is 10.9 Å². The number of guanidine groups is 1. The van der Waals surface area contributed by atoms with Crippen molar-refractivity contribution in [2.75, 3.05) is 34.7 Å². The first-order valence-electron chi connectivity index (χ1n) is 5.24. The van der Waals surface area contributed by atoms with Gasteiger partial charge < -0.3 is 14.9 Å². The molecular weight excluding hydrogens is 258 g/mol. The number of rotatable bonds is 3. The predicted molar refractivity (Wildman–Crippen MR) is 74.0 cm³/mol. The molecule has 4 nitrogen and oxygen atoms in total. The SMILES string of the molecule is CN(C)C(=NCC(O)c1ccc(Cl)s1)N(C)C. The molecule has 1 aromatic rings. The summed E-state index contributed by atoms with van der Waals surface area (Å²) in [4.78, 5) is 9.06. The van der Waals surface area contributed by atoms with Gasteiger partial charge in [0, 0.05) is 33.1 Å². The van der Waals surface area contributed by atoms with E-state index in [1.54, 1.807) is 6.07 Å². The molecule has 0 bridgehead atoms. The van der Waals surface area contributed by atoms with Gasteiger partial charge in [-0.2, -0.15) is 0 Å². The molecule has 1 N–H and O–H groups in total. The Morgan fingerprint density at radius 2 is 1.94 bits per heavy atom. The summed E-state index contributed by atoms with van der Waals surface area (Å²) in [6, 6.07) is 3.62. The molecule has 0 aliphatic heterocycles. The number of aliphatic imine (C=N–C) groups is 1. The fourth-order valence-electron chi connectivity index (χ4n) is 1.45. The molecule has 1 atom stereocenters. The fourth-order valence-corrected chi connectivity index (χ4v) is 2.49. The highest BCUT2D eigenvalue weighted by molar-refractivity contribution is 7.16. The third-order valence-corrected chi connectivity index (χ3v) is 3.46. The monoisotopic (exact) mass is 275 g/mol. The Balaban J connectivity index is 2.68. The molecule has 96 valence electrons. The second-order valence-corrected chi connectivity index (χ2v) is 5.83. The number of hydrogen-bond donors (Lipinski definition) is 1. The Labute approximate surface area is 111 Å². The van der Waals surface area contributed by atoms with Crippen LogP contribution in [0.4, 0.5) is 0 Å². The molecule has 1 unspecified atom stereocenters. The minimum atomic E-state index is -0.595. The van der Waals surface area contributed by atoms with Gasteiger partial charge in [-0.1, -0.05) is 11.6 Å². The molecule has 0 spiro atoms. The highest BCUT2D eigenvalue weighted by Gasteiger charge is 2.11. The molecule has 6 heteroatoms. The quantitative estimate of drug-likeness (QED) is 0.677. The molecular formula is C11H18ClN3OS. The zero-order valence-corrected chi connectivity index (χ0v) is 12.1. The number of aliphatic hydroxyl groups is 1. The second kappa shape index (κ2) is 6.23. The smallest absolute Gasteiger partial charge is 0.195 e. The molecule has 0 radical (unpaired) electrons. The van der Waals surface area contributed by atoms with Gasteiger partial charge >= 0.3 is 0 Å². The van der Waals surface area contributed by atoms with Crippen LogP contribution in [0.15, 0.2) is 17.1 Å². The van der Waals surface area contributed by atoms with Crippen LogP contribution in [-0.2, 0) is 0 Å². The Bertz CT molecular complexity index is 380.